The Morgan fingerprint density at radius 2 is 1.81 bits per heavy atom. The van der Waals surface area contributed by atoms with Crippen molar-refractivity contribution >= 4 is 28.8 Å². The molecule has 134 valence electrons. The summed E-state index contributed by atoms with van der Waals surface area (Å²) in [6.07, 6.45) is 0. The van der Waals surface area contributed by atoms with Crippen LogP contribution in [0.3, 0.4) is 0 Å². The molecule has 3 N–H and O–H groups in total. The molecule has 0 saturated carbocycles. The molecule has 0 unspecified atom stereocenters. The summed E-state index contributed by atoms with van der Waals surface area (Å²) in [7, 11) is 0. The van der Waals surface area contributed by atoms with E-state index in [4.69, 9.17) is 11.6 Å². The number of hydrogen-bond donors (Lipinski definition) is 2. The highest BCUT2D eigenvalue weighted by atomic mass is 35.5. The van der Waals surface area contributed by atoms with E-state index in [1.165, 1.54) is 0 Å². The fourth-order valence-electron chi connectivity index (χ4n) is 2.89. The van der Waals surface area contributed by atoms with Crippen LogP contribution in [0.5, 0.6) is 0 Å². The van der Waals surface area contributed by atoms with Crippen molar-refractivity contribution in [1.29, 1.82) is 0 Å². The van der Waals surface area contributed by atoms with Gasteiger partial charge in [-0.1, -0.05) is 66.2 Å². The number of amides is 1. The molecular formula is C21H22ClN2OS+. The fourth-order valence-corrected chi connectivity index (χ4v) is 4.01. The lowest BCUT2D eigenvalue weighted by Crippen LogP contribution is -2.87. The normalized spacial score (nSPS) is 13.2. The van der Waals surface area contributed by atoms with E-state index in [-0.39, 0.29) is 18.0 Å². The second-order valence-corrected chi connectivity index (χ2v) is 7.56. The third-order valence-electron chi connectivity index (χ3n) is 4.32. The molecule has 5 heteroatoms. The number of quaternary nitrogens is 1. The average molecular weight is 386 g/mol. The van der Waals surface area contributed by atoms with Gasteiger partial charge in [-0.05, 0) is 30.0 Å². The molecule has 0 bridgehead atoms. The van der Waals surface area contributed by atoms with E-state index in [0.29, 0.717) is 6.54 Å². The first-order valence-electron chi connectivity index (χ1n) is 8.60. The molecule has 0 saturated heterocycles. The van der Waals surface area contributed by atoms with Crippen molar-refractivity contribution in [3.63, 3.8) is 0 Å². The summed E-state index contributed by atoms with van der Waals surface area (Å²) in [5.41, 5.74) is 2.13. The smallest absolute Gasteiger partial charge is 0.275 e. The van der Waals surface area contributed by atoms with Crippen molar-refractivity contribution < 1.29 is 10.1 Å². The average Bonchev–Trinajstić information content (AvgIpc) is 3.19. The zero-order valence-electron chi connectivity index (χ0n) is 14.6. The Morgan fingerprint density at radius 1 is 1.08 bits per heavy atom. The second kappa shape index (κ2) is 8.99. The van der Waals surface area contributed by atoms with Gasteiger partial charge in [0, 0.05) is 15.5 Å². The molecule has 3 nitrogen and oxygen atoms in total. The molecular weight excluding hydrogens is 364 g/mol. The van der Waals surface area contributed by atoms with Gasteiger partial charge in [-0.3, -0.25) is 4.79 Å². The predicted molar refractivity (Wildman–Crippen MR) is 107 cm³/mol. The summed E-state index contributed by atoms with van der Waals surface area (Å²) in [5.74, 6) is 0.00570. The minimum atomic E-state index is -0.118. The molecule has 2 aromatic carbocycles. The summed E-state index contributed by atoms with van der Waals surface area (Å²) in [4.78, 5) is 13.7. The van der Waals surface area contributed by atoms with Gasteiger partial charge in [0.25, 0.3) is 5.91 Å². The maximum Gasteiger partial charge on any atom is 0.275 e. The molecule has 2 atom stereocenters. The number of carbonyl (C=O) groups excluding carboxylic acids is 1. The van der Waals surface area contributed by atoms with Crippen molar-refractivity contribution in [2.75, 3.05) is 6.54 Å². The molecule has 3 aromatic rings. The summed E-state index contributed by atoms with van der Waals surface area (Å²) >= 11 is 7.90. The van der Waals surface area contributed by atoms with Gasteiger partial charge in [-0.2, -0.15) is 0 Å². The Labute approximate surface area is 163 Å². The van der Waals surface area contributed by atoms with Gasteiger partial charge >= 0.3 is 0 Å². The molecule has 0 aliphatic heterocycles. The van der Waals surface area contributed by atoms with E-state index in [0.717, 1.165) is 21.0 Å². The fraction of sp³-hybridized carbons (Fsp3) is 0.190. The molecule has 26 heavy (non-hydrogen) atoms. The Kier molecular flexibility index (Phi) is 6.45. The maximum atomic E-state index is 12.6. The van der Waals surface area contributed by atoms with Gasteiger partial charge in [-0.25, -0.2) is 0 Å². The van der Waals surface area contributed by atoms with E-state index < -0.39 is 0 Å². The SMILES string of the molecule is C[C@H]([NH2+]CC(=O)N[C@H](c1ccccc1)c1cccs1)c1ccccc1Cl. The minimum absolute atomic E-state index is 0.00570. The molecule has 1 amide bonds. The molecule has 0 fully saturated rings. The summed E-state index contributed by atoms with van der Waals surface area (Å²) in [6, 6.07) is 21.9. The third-order valence-corrected chi connectivity index (χ3v) is 5.60. The topological polar surface area (TPSA) is 45.7 Å². The lowest BCUT2D eigenvalue weighted by atomic mass is 10.1. The van der Waals surface area contributed by atoms with E-state index >= 15 is 0 Å². The van der Waals surface area contributed by atoms with Crippen molar-refractivity contribution in [3.05, 3.63) is 93.1 Å². The molecule has 3 rings (SSSR count). The standard InChI is InChI=1S/C21H21ClN2OS/c1-15(17-10-5-6-11-18(17)22)23-14-20(25)24-21(19-12-7-13-26-19)16-8-3-2-4-9-16/h2-13,15,21,23H,14H2,1H3,(H,24,25)/p+1/t15-,21+/m0/s1. The highest BCUT2D eigenvalue weighted by molar-refractivity contribution is 7.10. The Morgan fingerprint density at radius 3 is 2.50 bits per heavy atom. The first-order chi connectivity index (χ1) is 12.6. The van der Waals surface area contributed by atoms with E-state index in [1.807, 2.05) is 71.4 Å². The zero-order valence-corrected chi connectivity index (χ0v) is 16.1. The molecule has 0 radical (unpaired) electrons. The van der Waals surface area contributed by atoms with Crippen LogP contribution in [0.25, 0.3) is 0 Å². The Balaban J connectivity index is 1.64. The number of halogens is 1. The maximum absolute atomic E-state index is 12.6. The molecule has 0 aliphatic rings. The number of hydrogen-bond acceptors (Lipinski definition) is 2. The summed E-state index contributed by atoms with van der Waals surface area (Å²) in [6.45, 7) is 2.41. The van der Waals surface area contributed by atoms with Crippen molar-refractivity contribution in [1.82, 2.24) is 5.32 Å². The summed E-state index contributed by atoms with van der Waals surface area (Å²) < 4.78 is 0. The third kappa shape index (κ3) is 4.73. The number of carbonyl (C=O) groups is 1. The van der Waals surface area contributed by atoms with Crippen LogP contribution < -0.4 is 10.6 Å². The lowest BCUT2D eigenvalue weighted by molar-refractivity contribution is -0.682. The molecule has 1 aromatic heterocycles. The van der Waals surface area contributed by atoms with Gasteiger partial charge in [0.15, 0.2) is 6.54 Å². The van der Waals surface area contributed by atoms with Crippen LogP contribution in [-0.4, -0.2) is 12.5 Å². The largest absolute Gasteiger partial charge is 0.339 e. The quantitative estimate of drug-likeness (QED) is 0.636. The van der Waals surface area contributed by atoms with Crippen molar-refractivity contribution in [3.8, 4) is 0 Å². The van der Waals surface area contributed by atoms with Crippen LogP contribution in [0, 0.1) is 0 Å². The number of nitrogens with one attached hydrogen (secondary N) is 1. The van der Waals surface area contributed by atoms with Crippen LogP contribution in [0.4, 0.5) is 0 Å². The van der Waals surface area contributed by atoms with Crippen molar-refractivity contribution in [2.45, 2.75) is 19.0 Å². The van der Waals surface area contributed by atoms with Crippen LogP contribution in [-0.2, 0) is 4.79 Å². The van der Waals surface area contributed by atoms with Crippen LogP contribution >= 0.6 is 22.9 Å². The number of benzene rings is 2. The first kappa shape index (κ1) is 18.6. The number of thiophene rings is 1. The van der Waals surface area contributed by atoms with Crippen LogP contribution in [0.15, 0.2) is 72.1 Å². The molecule has 1 heterocycles. The first-order valence-corrected chi connectivity index (χ1v) is 9.86. The highest BCUT2D eigenvalue weighted by Gasteiger charge is 2.20. The van der Waals surface area contributed by atoms with E-state index in [2.05, 4.69) is 18.3 Å². The second-order valence-electron chi connectivity index (χ2n) is 6.18. The predicted octanol–water partition coefficient (Wildman–Crippen LogP) is 3.93. The van der Waals surface area contributed by atoms with Crippen LogP contribution in [0.2, 0.25) is 5.02 Å². The molecule has 0 spiro atoms. The van der Waals surface area contributed by atoms with Gasteiger partial charge in [0.1, 0.15) is 6.04 Å². The van der Waals surface area contributed by atoms with Gasteiger partial charge in [-0.15, -0.1) is 11.3 Å². The van der Waals surface area contributed by atoms with E-state index in [1.54, 1.807) is 11.3 Å². The summed E-state index contributed by atoms with van der Waals surface area (Å²) in [5, 5.41) is 7.94. The van der Waals surface area contributed by atoms with Gasteiger partial charge in [0.2, 0.25) is 0 Å². The van der Waals surface area contributed by atoms with Gasteiger partial charge in [0.05, 0.1) is 6.04 Å². The number of rotatable bonds is 7. The highest BCUT2D eigenvalue weighted by Crippen LogP contribution is 2.25. The Bertz CT molecular complexity index is 836. The Hall–Kier alpha value is -2.14. The van der Waals surface area contributed by atoms with E-state index in [9.17, 15) is 4.79 Å². The zero-order chi connectivity index (χ0) is 18.4. The lowest BCUT2D eigenvalue weighted by Gasteiger charge is -2.18. The minimum Gasteiger partial charge on any atom is -0.339 e. The van der Waals surface area contributed by atoms with Gasteiger partial charge < -0.3 is 10.6 Å². The van der Waals surface area contributed by atoms with Crippen molar-refractivity contribution in [2.24, 2.45) is 0 Å². The number of nitrogens with two attached hydrogens (primary N) is 1. The monoisotopic (exact) mass is 385 g/mol. The molecule has 0 aliphatic carbocycles. The van der Waals surface area contributed by atoms with Crippen LogP contribution in [0.1, 0.15) is 35.0 Å².